The van der Waals surface area contributed by atoms with Gasteiger partial charge in [-0.05, 0) is 38.2 Å². The second-order valence-electron chi connectivity index (χ2n) is 5.60. The van der Waals surface area contributed by atoms with E-state index in [1.807, 2.05) is 30.3 Å². The second kappa shape index (κ2) is 6.86. The van der Waals surface area contributed by atoms with E-state index in [1.165, 1.54) is 6.42 Å². The topological polar surface area (TPSA) is 64.4 Å². The number of carbonyl (C=O) groups is 1. The van der Waals surface area contributed by atoms with E-state index in [4.69, 9.17) is 10.5 Å². The standard InChI is InChI=1S/C16H24N2O2/c1-16(17,13-7-3-2-4-8-13)15(19)18-11-10-14-9-5-6-12-20-14/h2-4,7-8,14H,5-6,9-12,17H2,1H3,(H,18,19). The minimum absolute atomic E-state index is 0.139. The Morgan fingerprint density at radius 2 is 2.15 bits per heavy atom. The molecule has 0 spiro atoms. The van der Waals surface area contributed by atoms with Crippen molar-refractivity contribution in [3.05, 3.63) is 35.9 Å². The van der Waals surface area contributed by atoms with Gasteiger partial charge < -0.3 is 15.8 Å². The Bertz CT molecular complexity index is 425. The van der Waals surface area contributed by atoms with Gasteiger partial charge >= 0.3 is 0 Å². The lowest BCUT2D eigenvalue weighted by atomic mass is 9.92. The van der Waals surface area contributed by atoms with Crippen LogP contribution in [0.2, 0.25) is 0 Å². The summed E-state index contributed by atoms with van der Waals surface area (Å²) in [4.78, 5) is 12.2. The van der Waals surface area contributed by atoms with E-state index in [0.29, 0.717) is 6.54 Å². The Hall–Kier alpha value is -1.39. The van der Waals surface area contributed by atoms with E-state index in [0.717, 1.165) is 31.4 Å². The largest absolute Gasteiger partial charge is 0.378 e. The van der Waals surface area contributed by atoms with Crippen LogP contribution in [0.5, 0.6) is 0 Å². The molecule has 1 aliphatic heterocycles. The number of benzene rings is 1. The molecule has 0 radical (unpaired) electrons. The van der Waals surface area contributed by atoms with Crippen molar-refractivity contribution in [1.29, 1.82) is 0 Å². The third kappa shape index (κ3) is 3.81. The van der Waals surface area contributed by atoms with Crippen LogP contribution in [-0.2, 0) is 15.1 Å². The van der Waals surface area contributed by atoms with Crippen LogP contribution in [0, 0.1) is 0 Å². The zero-order chi connectivity index (χ0) is 14.4. The van der Waals surface area contributed by atoms with Crippen molar-refractivity contribution in [2.75, 3.05) is 13.2 Å². The highest BCUT2D eigenvalue weighted by atomic mass is 16.5. The molecule has 2 unspecified atom stereocenters. The van der Waals surface area contributed by atoms with Crippen LogP contribution >= 0.6 is 0 Å². The molecule has 20 heavy (non-hydrogen) atoms. The summed E-state index contributed by atoms with van der Waals surface area (Å²) in [7, 11) is 0. The third-order valence-electron chi connectivity index (χ3n) is 3.87. The van der Waals surface area contributed by atoms with E-state index >= 15 is 0 Å². The van der Waals surface area contributed by atoms with Gasteiger partial charge in [0.2, 0.25) is 5.91 Å². The molecule has 1 aromatic carbocycles. The molecule has 1 aromatic rings. The van der Waals surface area contributed by atoms with Crippen molar-refractivity contribution in [1.82, 2.24) is 5.32 Å². The highest BCUT2D eigenvalue weighted by molar-refractivity contribution is 5.86. The normalized spacial score (nSPS) is 22.0. The molecule has 4 heteroatoms. The van der Waals surface area contributed by atoms with Crippen molar-refractivity contribution >= 4 is 5.91 Å². The molecule has 1 amide bonds. The molecule has 4 nitrogen and oxygen atoms in total. The average Bonchev–Trinajstić information content (AvgIpc) is 2.49. The lowest BCUT2D eigenvalue weighted by molar-refractivity contribution is -0.126. The monoisotopic (exact) mass is 276 g/mol. The van der Waals surface area contributed by atoms with Crippen LogP contribution < -0.4 is 11.1 Å². The van der Waals surface area contributed by atoms with E-state index in [-0.39, 0.29) is 12.0 Å². The SMILES string of the molecule is CC(N)(C(=O)NCCC1CCCCO1)c1ccccc1. The number of rotatable bonds is 5. The quantitative estimate of drug-likeness (QED) is 0.863. The van der Waals surface area contributed by atoms with Crippen molar-refractivity contribution in [2.45, 2.75) is 44.2 Å². The summed E-state index contributed by atoms with van der Waals surface area (Å²) in [5.74, 6) is -0.139. The van der Waals surface area contributed by atoms with Crippen LogP contribution in [0.3, 0.4) is 0 Å². The smallest absolute Gasteiger partial charge is 0.244 e. The van der Waals surface area contributed by atoms with Gasteiger partial charge in [-0.1, -0.05) is 30.3 Å². The molecule has 1 fully saturated rings. The van der Waals surface area contributed by atoms with Gasteiger partial charge in [0.05, 0.1) is 6.10 Å². The maximum atomic E-state index is 12.2. The van der Waals surface area contributed by atoms with Gasteiger partial charge in [-0.25, -0.2) is 0 Å². The lowest BCUT2D eigenvalue weighted by Crippen LogP contribution is -2.49. The first kappa shape index (κ1) is 15.0. The Kier molecular flexibility index (Phi) is 5.15. The average molecular weight is 276 g/mol. The molecule has 0 saturated carbocycles. The van der Waals surface area contributed by atoms with Gasteiger partial charge in [-0.15, -0.1) is 0 Å². The molecular weight excluding hydrogens is 252 g/mol. The molecule has 2 atom stereocenters. The Labute approximate surface area is 120 Å². The summed E-state index contributed by atoms with van der Waals surface area (Å²) < 4.78 is 5.65. The number of carbonyl (C=O) groups excluding carboxylic acids is 1. The number of hydrogen-bond acceptors (Lipinski definition) is 3. The predicted octanol–water partition coefficient (Wildman–Crippen LogP) is 1.94. The number of hydrogen-bond donors (Lipinski definition) is 2. The van der Waals surface area contributed by atoms with Crippen LogP contribution in [0.15, 0.2) is 30.3 Å². The minimum Gasteiger partial charge on any atom is -0.378 e. The Morgan fingerprint density at radius 1 is 1.40 bits per heavy atom. The zero-order valence-electron chi connectivity index (χ0n) is 12.1. The zero-order valence-corrected chi connectivity index (χ0v) is 12.1. The first-order valence-corrected chi connectivity index (χ1v) is 7.35. The van der Waals surface area contributed by atoms with E-state index in [9.17, 15) is 4.79 Å². The summed E-state index contributed by atoms with van der Waals surface area (Å²) in [5.41, 5.74) is 5.99. The van der Waals surface area contributed by atoms with Crippen molar-refractivity contribution in [3.63, 3.8) is 0 Å². The lowest BCUT2D eigenvalue weighted by Gasteiger charge is -2.26. The highest BCUT2D eigenvalue weighted by Gasteiger charge is 2.30. The van der Waals surface area contributed by atoms with E-state index in [2.05, 4.69) is 5.32 Å². The summed E-state index contributed by atoms with van der Waals surface area (Å²) in [6, 6.07) is 9.46. The van der Waals surface area contributed by atoms with Crippen LogP contribution in [-0.4, -0.2) is 25.2 Å². The maximum Gasteiger partial charge on any atom is 0.244 e. The summed E-state index contributed by atoms with van der Waals surface area (Å²) >= 11 is 0. The van der Waals surface area contributed by atoms with Crippen LogP contribution in [0.1, 0.15) is 38.2 Å². The molecule has 0 bridgehead atoms. The van der Waals surface area contributed by atoms with Crippen LogP contribution in [0.4, 0.5) is 0 Å². The molecule has 1 heterocycles. The number of nitrogens with one attached hydrogen (secondary N) is 1. The number of ether oxygens (including phenoxy) is 1. The van der Waals surface area contributed by atoms with Gasteiger partial charge in [0.25, 0.3) is 0 Å². The molecule has 110 valence electrons. The fraction of sp³-hybridized carbons (Fsp3) is 0.562. The van der Waals surface area contributed by atoms with Crippen molar-refractivity contribution in [2.24, 2.45) is 5.73 Å². The van der Waals surface area contributed by atoms with E-state index in [1.54, 1.807) is 6.92 Å². The van der Waals surface area contributed by atoms with Gasteiger partial charge in [-0.3, -0.25) is 4.79 Å². The number of nitrogens with two attached hydrogens (primary N) is 1. The van der Waals surface area contributed by atoms with Crippen molar-refractivity contribution < 1.29 is 9.53 Å². The van der Waals surface area contributed by atoms with Gasteiger partial charge in [0, 0.05) is 13.2 Å². The van der Waals surface area contributed by atoms with Gasteiger partial charge in [0.15, 0.2) is 0 Å². The van der Waals surface area contributed by atoms with E-state index < -0.39 is 5.54 Å². The number of amides is 1. The Balaban J connectivity index is 1.81. The molecule has 2 rings (SSSR count). The highest BCUT2D eigenvalue weighted by Crippen LogP contribution is 2.18. The minimum atomic E-state index is -0.991. The second-order valence-corrected chi connectivity index (χ2v) is 5.60. The van der Waals surface area contributed by atoms with Crippen LogP contribution in [0.25, 0.3) is 0 Å². The first-order valence-electron chi connectivity index (χ1n) is 7.35. The molecule has 0 aliphatic carbocycles. The molecule has 3 N–H and O–H groups in total. The molecular formula is C16H24N2O2. The fourth-order valence-corrected chi connectivity index (χ4v) is 2.48. The summed E-state index contributed by atoms with van der Waals surface area (Å²) in [6.07, 6.45) is 4.60. The first-order chi connectivity index (χ1) is 9.60. The fourth-order valence-electron chi connectivity index (χ4n) is 2.48. The maximum absolute atomic E-state index is 12.2. The van der Waals surface area contributed by atoms with Gasteiger partial charge in [-0.2, -0.15) is 0 Å². The summed E-state index contributed by atoms with van der Waals surface area (Å²) in [5, 5.41) is 2.92. The molecule has 1 saturated heterocycles. The Morgan fingerprint density at radius 3 is 2.80 bits per heavy atom. The molecule has 1 aliphatic rings. The predicted molar refractivity (Wildman–Crippen MR) is 79.2 cm³/mol. The molecule has 0 aromatic heterocycles. The third-order valence-corrected chi connectivity index (χ3v) is 3.87. The van der Waals surface area contributed by atoms with Crippen molar-refractivity contribution in [3.8, 4) is 0 Å². The van der Waals surface area contributed by atoms with Gasteiger partial charge in [0.1, 0.15) is 5.54 Å². The summed E-state index contributed by atoms with van der Waals surface area (Å²) in [6.45, 7) is 3.20.